The first kappa shape index (κ1) is 8.80. The summed E-state index contributed by atoms with van der Waals surface area (Å²) < 4.78 is 0. The van der Waals surface area contributed by atoms with Crippen molar-refractivity contribution >= 4 is 39.8 Å². The summed E-state index contributed by atoms with van der Waals surface area (Å²) in [7, 11) is 0. The van der Waals surface area contributed by atoms with Crippen molar-refractivity contribution in [3.8, 4) is 0 Å². The van der Waals surface area contributed by atoms with Gasteiger partial charge >= 0.3 is 0 Å². The molecular weight excluding hydrogens is 212 g/mol. The van der Waals surface area contributed by atoms with E-state index in [1.165, 1.54) is 34.8 Å². The van der Waals surface area contributed by atoms with Gasteiger partial charge in [-0.2, -0.15) is 0 Å². The van der Waals surface area contributed by atoms with E-state index in [4.69, 9.17) is 12.2 Å². The predicted octanol–water partition coefficient (Wildman–Crippen LogP) is 2.95. The number of nitrogens with zero attached hydrogens (tertiary/aromatic N) is 2. The molecule has 0 fully saturated rings. The summed E-state index contributed by atoms with van der Waals surface area (Å²) in [6.45, 7) is 1.92. The van der Waals surface area contributed by atoms with Crippen molar-refractivity contribution in [2.75, 3.05) is 0 Å². The van der Waals surface area contributed by atoms with Crippen LogP contribution in [0, 0.1) is 5.92 Å². The largest absolute Gasteiger partial charge is 0.230 e. The van der Waals surface area contributed by atoms with Crippen molar-refractivity contribution in [1.29, 1.82) is 0 Å². The van der Waals surface area contributed by atoms with Crippen LogP contribution in [0.3, 0.4) is 0 Å². The van der Waals surface area contributed by atoms with Crippen LogP contribution in [0.2, 0.25) is 0 Å². The van der Waals surface area contributed by atoms with Crippen LogP contribution >= 0.6 is 24.0 Å². The van der Waals surface area contributed by atoms with E-state index in [2.05, 4.69) is 9.98 Å². The van der Waals surface area contributed by atoms with Gasteiger partial charge in [0.15, 0.2) is 0 Å². The van der Waals surface area contributed by atoms with Gasteiger partial charge in [-0.05, 0) is 36.7 Å². The number of hydrogen-bond donors (Lipinski definition) is 0. The van der Waals surface area contributed by atoms with Crippen LogP contribution < -0.4 is 0 Å². The molecular formula is C10H10N2S2. The van der Waals surface area contributed by atoms with Gasteiger partial charge in [0.2, 0.25) is 0 Å². The zero-order chi connectivity index (χ0) is 9.71. The third kappa shape index (κ3) is 1.13. The predicted molar refractivity (Wildman–Crippen MR) is 65.1 cm³/mol. The van der Waals surface area contributed by atoms with Gasteiger partial charge < -0.3 is 0 Å². The van der Waals surface area contributed by atoms with Gasteiger partial charge in [-0.15, -0.1) is 0 Å². The highest BCUT2D eigenvalue weighted by molar-refractivity contribution is 8.17. The average molecular weight is 222 g/mol. The number of fused-ring (bicyclic) bond motifs is 2. The van der Waals surface area contributed by atoms with Crippen molar-refractivity contribution in [3.05, 3.63) is 10.5 Å². The van der Waals surface area contributed by atoms with Gasteiger partial charge in [0, 0.05) is 0 Å². The highest BCUT2D eigenvalue weighted by Gasteiger charge is 2.38. The fourth-order valence-corrected chi connectivity index (χ4v) is 4.11. The van der Waals surface area contributed by atoms with E-state index < -0.39 is 0 Å². The molecule has 14 heavy (non-hydrogen) atoms. The van der Waals surface area contributed by atoms with E-state index >= 15 is 0 Å². The Hall–Kier alpha value is -0.480. The number of rotatable bonds is 0. The van der Waals surface area contributed by atoms with Crippen molar-refractivity contribution < 1.29 is 0 Å². The molecule has 0 saturated heterocycles. The molecule has 0 aromatic rings. The fourth-order valence-electron chi connectivity index (χ4n) is 2.25. The van der Waals surface area contributed by atoms with Crippen LogP contribution in [0.1, 0.15) is 26.2 Å². The zero-order valence-electron chi connectivity index (χ0n) is 7.91. The summed E-state index contributed by atoms with van der Waals surface area (Å²) in [6, 6.07) is 0. The van der Waals surface area contributed by atoms with Gasteiger partial charge in [-0.1, -0.05) is 24.0 Å². The molecule has 0 bridgehead atoms. The molecule has 0 amide bonds. The summed E-state index contributed by atoms with van der Waals surface area (Å²) in [5.74, 6) is 1.09. The normalized spacial score (nSPS) is 30.1. The summed E-state index contributed by atoms with van der Waals surface area (Å²) >= 11 is 7.16. The van der Waals surface area contributed by atoms with Crippen LogP contribution in [-0.4, -0.2) is 15.9 Å². The molecule has 2 heterocycles. The third-order valence-corrected chi connectivity index (χ3v) is 4.40. The molecule has 0 aromatic heterocycles. The molecule has 72 valence electrons. The van der Waals surface area contributed by atoms with E-state index in [0.717, 1.165) is 10.8 Å². The molecule has 2 nitrogen and oxygen atoms in total. The number of thioether (sulfide) groups is 1. The number of aliphatic imine (C=N–C) groups is 2. The van der Waals surface area contributed by atoms with Gasteiger partial charge in [-0.25, -0.2) is 9.98 Å². The van der Waals surface area contributed by atoms with Crippen molar-refractivity contribution in [2.24, 2.45) is 15.9 Å². The molecule has 0 aromatic carbocycles. The monoisotopic (exact) mass is 222 g/mol. The first-order chi connectivity index (χ1) is 6.75. The Kier molecular flexibility index (Phi) is 1.89. The zero-order valence-corrected chi connectivity index (χ0v) is 9.54. The van der Waals surface area contributed by atoms with Crippen molar-refractivity contribution in [2.45, 2.75) is 26.2 Å². The maximum atomic E-state index is 5.33. The number of thiocarbonyl (C=S) groups is 1. The summed E-state index contributed by atoms with van der Waals surface area (Å²) in [4.78, 5) is 11.1. The Bertz CT molecular complexity index is 418. The molecule has 3 rings (SSSR count). The second-order valence-corrected chi connectivity index (χ2v) is 5.32. The average Bonchev–Trinajstić information content (AvgIpc) is 2.60. The smallest absolute Gasteiger partial charge is 0.127 e. The van der Waals surface area contributed by atoms with Gasteiger partial charge in [0.25, 0.3) is 0 Å². The Balaban J connectivity index is 2.05. The van der Waals surface area contributed by atoms with E-state index in [1.54, 1.807) is 0 Å². The first-order valence-electron chi connectivity index (χ1n) is 4.83. The maximum absolute atomic E-state index is 5.33. The van der Waals surface area contributed by atoms with Gasteiger partial charge in [-0.3, -0.25) is 0 Å². The van der Waals surface area contributed by atoms with E-state index in [1.807, 2.05) is 18.7 Å². The molecule has 0 radical (unpaired) electrons. The maximum Gasteiger partial charge on any atom is 0.127 e. The lowest BCUT2D eigenvalue weighted by molar-refractivity contribution is 0.872. The minimum absolute atomic E-state index is 0.274. The third-order valence-electron chi connectivity index (χ3n) is 2.82. The van der Waals surface area contributed by atoms with Crippen LogP contribution in [0.4, 0.5) is 0 Å². The Labute approximate surface area is 92.6 Å². The minimum Gasteiger partial charge on any atom is -0.230 e. The molecule has 0 saturated carbocycles. The summed E-state index contributed by atoms with van der Waals surface area (Å²) in [5.41, 5.74) is 1.51. The van der Waals surface area contributed by atoms with Crippen LogP contribution in [0.25, 0.3) is 0 Å². The summed E-state index contributed by atoms with van der Waals surface area (Å²) in [5, 5.41) is 1.17. The standard InChI is InChI=1S/C10H10N2S2/c1-5-11-9(13)8-6-3-2-4-7(6)14-10(8)12-5/h8H,2-4H2,1H3. The van der Waals surface area contributed by atoms with Crippen LogP contribution in [0.5, 0.6) is 0 Å². The second kappa shape index (κ2) is 3.00. The Morgan fingerprint density at radius 1 is 1.36 bits per heavy atom. The molecule has 1 atom stereocenters. The molecule has 0 spiro atoms. The van der Waals surface area contributed by atoms with Crippen LogP contribution in [0.15, 0.2) is 20.5 Å². The molecule has 3 aliphatic rings. The quantitative estimate of drug-likeness (QED) is 0.589. The topological polar surface area (TPSA) is 24.7 Å². The highest BCUT2D eigenvalue weighted by atomic mass is 32.2. The molecule has 0 N–H and O–H groups in total. The van der Waals surface area contributed by atoms with Gasteiger partial charge in [0.1, 0.15) is 10.8 Å². The SMILES string of the molecule is CC1=NC(=S)C2C(=N1)SC1=C2CCC1. The summed E-state index contributed by atoms with van der Waals surface area (Å²) in [6.07, 6.45) is 3.70. The van der Waals surface area contributed by atoms with E-state index in [-0.39, 0.29) is 5.92 Å². The lowest BCUT2D eigenvalue weighted by atomic mass is 9.99. The van der Waals surface area contributed by atoms with Crippen LogP contribution in [-0.2, 0) is 0 Å². The fraction of sp³-hybridized carbons (Fsp3) is 0.500. The lowest BCUT2D eigenvalue weighted by Crippen LogP contribution is -2.23. The first-order valence-corrected chi connectivity index (χ1v) is 6.05. The molecule has 2 aliphatic heterocycles. The van der Waals surface area contributed by atoms with Crippen molar-refractivity contribution in [3.63, 3.8) is 0 Å². The van der Waals surface area contributed by atoms with Crippen molar-refractivity contribution in [1.82, 2.24) is 0 Å². The molecule has 1 aliphatic carbocycles. The second-order valence-electron chi connectivity index (χ2n) is 3.78. The lowest BCUT2D eigenvalue weighted by Gasteiger charge is -2.16. The molecule has 1 unspecified atom stereocenters. The highest BCUT2D eigenvalue weighted by Crippen LogP contribution is 2.48. The minimum atomic E-state index is 0.274. The van der Waals surface area contributed by atoms with E-state index in [0.29, 0.717) is 0 Å². The Morgan fingerprint density at radius 3 is 3.07 bits per heavy atom. The van der Waals surface area contributed by atoms with Gasteiger partial charge in [0.05, 0.1) is 11.0 Å². The molecule has 4 heteroatoms. The van der Waals surface area contributed by atoms with E-state index in [9.17, 15) is 0 Å². The Morgan fingerprint density at radius 2 is 2.21 bits per heavy atom. The number of amidine groups is 1. The number of allylic oxidation sites excluding steroid dienone is 1. The number of hydrogen-bond acceptors (Lipinski definition) is 3.